The van der Waals surface area contributed by atoms with Crippen molar-refractivity contribution in [1.82, 2.24) is 0 Å². The molecule has 3 heterocycles. The largest absolute Gasteiger partial charge is 0.456 e. The summed E-state index contributed by atoms with van der Waals surface area (Å²) in [6, 6.07) is 78.8. The topological polar surface area (TPSA) is 22.9 Å². The normalized spacial score (nSPS) is 14.3. The summed E-state index contributed by atoms with van der Waals surface area (Å²) in [6.45, 7) is 32.6. The van der Waals surface area contributed by atoms with E-state index in [1.807, 2.05) is 0 Å². The smallest absolute Gasteiger partial charge is 0.252 e. The van der Waals surface area contributed by atoms with Gasteiger partial charge in [-0.1, -0.05) is 212 Å². The van der Waals surface area contributed by atoms with Gasteiger partial charge in [-0.15, -0.1) is 0 Å². The molecule has 2 aliphatic heterocycles. The first-order chi connectivity index (χ1) is 39.9. The minimum absolute atomic E-state index is 0.0163. The van der Waals surface area contributed by atoms with Crippen molar-refractivity contribution in [2.45, 2.75) is 124 Å². The minimum atomic E-state index is -0.199. The van der Waals surface area contributed by atoms with Crippen LogP contribution in [0.15, 0.2) is 211 Å². The van der Waals surface area contributed by atoms with E-state index in [1.165, 1.54) is 89.2 Å². The van der Waals surface area contributed by atoms with Crippen LogP contribution in [0.4, 0.5) is 51.2 Å². The molecule has 1 aliphatic carbocycles. The zero-order valence-corrected chi connectivity index (χ0v) is 51.5. The summed E-state index contributed by atoms with van der Waals surface area (Å²) in [5.74, 6) is 0. The number of furan rings is 1. The molecule has 84 heavy (non-hydrogen) atoms. The van der Waals surface area contributed by atoms with Gasteiger partial charge in [0.1, 0.15) is 11.2 Å². The van der Waals surface area contributed by atoms with E-state index in [-0.39, 0.29) is 33.8 Å². The van der Waals surface area contributed by atoms with Crippen LogP contribution < -0.4 is 31.1 Å². The number of hydrogen-bond acceptors (Lipinski definition) is 4. The first-order valence-corrected chi connectivity index (χ1v) is 30.3. The van der Waals surface area contributed by atoms with Crippen molar-refractivity contribution in [1.29, 1.82) is 0 Å². The van der Waals surface area contributed by atoms with Gasteiger partial charge in [0.15, 0.2) is 0 Å². The predicted octanol–water partition coefficient (Wildman–Crippen LogP) is 20.3. The molecule has 14 rings (SSSR count). The Morgan fingerprint density at radius 3 is 1.50 bits per heavy atom. The number of para-hydroxylation sites is 1. The molecule has 0 spiro atoms. The molecular formula is C79H76BN3O. The van der Waals surface area contributed by atoms with E-state index in [9.17, 15) is 0 Å². The molecular weight excluding hydrogens is 1020 g/mol. The Kier molecular flexibility index (Phi) is 11.9. The Morgan fingerprint density at radius 1 is 0.381 bits per heavy atom. The molecule has 10 aromatic carbocycles. The van der Waals surface area contributed by atoms with Crippen molar-refractivity contribution in [3.05, 3.63) is 240 Å². The van der Waals surface area contributed by atoms with Gasteiger partial charge in [0.05, 0.1) is 0 Å². The van der Waals surface area contributed by atoms with Crippen LogP contribution in [0.1, 0.15) is 130 Å². The van der Waals surface area contributed by atoms with Crippen LogP contribution in [-0.4, -0.2) is 6.71 Å². The number of rotatable bonds is 6. The van der Waals surface area contributed by atoms with Crippen molar-refractivity contribution in [2.24, 2.45) is 0 Å². The van der Waals surface area contributed by atoms with Gasteiger partial charge in [0.2, 0.25) is 0 Å². The lowest BCUT2D eigenvalue weighted by Crippen LogP contribution is -2.61. The number of anilines is 9. The van der Waals surface area contributed by atoms with Crippen molar-refractivity contribution < 1.29 is 4.42 Å². The van der Waals surface area contributed by atoms with Crippen molar-refractivity contribution >= 4 is 96.2 Å². The van der Waals surface area contributed by atoms with E-state index in [4.69, 9.17) is 4.42 Å². The maximum Gasteiger partial charge on any atom is 0.252 e. The maximum absolute atomic E-state index is 6.41. The molecule has 1 aromatic heterocycles. The summed E-state index contributed by atoms with van der Waals surface area (Å²) in [6.07, 6.45) is 0. The fourth-order valence-electron chi connectivity index (χ4n) is 13.9. The Hall–Kier alpha value is -8.54. The molecule has 416 valence electrons. The summed E-state index contributed by atoms with van der Waals surface area (Å²) >= 11 is 0. The standard InChI is InChI=1S/C79H76BN3O/c1-75(2,3)50-28-35-54(36-29-50)81(55-37-30-51(31-38-55)76(4,5)6)58-40-43-66-68(48-58)83(57-39-41-61-60-20-15-17-23-63(60)79(13,14)64(61)47-57)70-46-53(78(10,11)12)45-69-74(70)80(66)65-42-32-52(77(7,8)9)44-67(65)82(69)56-33-26-49(27-34-56)59-22-19-25-72-73(59)62-21-16-18-24-71(62)84-72/h15-48H,1-14H3. The van der Waals surface area contributed by atoms with E-state index in [0.29, 0.717) is 0 Å². The lowest BCUT2D eigenvalue weighted by molar-refractivity contribution is 0.590. The fourth-order valence-corrected chi connectivity index (χ4v) is 13.9. The van der Waals surface area contributed by atoms with Gasteiger partial charge in [-0.3, -0.25) is 0 Å². The maximum atomic E-state index is 6.41. The van der Waals surface area contributed by atoms with Crippen LogP contribution in [-0.2, 0) is 27.1 Å². The summed E-state index contributed by atoms with van der Waals surface area (Å²) < 4.78 is 6.41. The Labute approximate surface area is 498 Å². The van der Waals surface area contributed by atoms with E-state index >= 15 is 0 Å². The highest BCUT2D eigenvalue weighted by molar-refractivity contribution is 7.00. The van der Waals surface area contributed by atoms with Gasteiger partial charge < -0.3 is 19.1 Å². The number of fused-ring (bicyclic) bond motifs is 10. The number of hydrogen-bond donors (Lipinski definition) is 0. The van der Waals surface area contributed by atoms with Gasteiger partial charge in [0.25, 0.3) is 6.71 Å². The SMILES string of the molecule is CC(C)(C)c1ccc(N(c2ccc(C(C)(C)C)cc2)c2ccc3c(c2)N(c2ccc4c(c2)C(C)(C)c2ccccc2-4)c2cc(C(C)(C)C)cc4c2B3c2ccc(C(C)(C)C)cc2N4c2ccc(-c3cccc4oc5ccccc5c34)cc2)cc1. The third kappa shape index (κ3) is 8.55. The molecule has 0 saturated heterocycles. The molecule has 3 aliphatic rings. The van der Waals surface area contributed by atoms with Gasteiger partial charge in [-0.2, -0.15) is 0 Å². The zero-order valence-electron chi connectivity index (χ0n) is 51.5. The van der Waals surface area contributed by atoms with Gasteiger partial charge in [-0.25, -0.2) is 0 Å². The van der Waals surface area contributed by atoms with Crippen LogP contribution in [0.25, 0.3) is 44.2 Å². The van der Waals surface area contributed by atoms with Crippen molar-refractivity contribution in [3.8, 4) is 22.3 Å². The molecule has 0 fully saturated rings. The third-order valence-electron chi connectivity index (χ3n) is 18.7. The first-order valence-electron chi connectivity index (χ1n) is 30.3. The number of benzene rings is 10. The summed E-state index contributed by atoms with van der Waals surface area (Å²) in [4.78, 5) is 7.70. The van der Waals surface area contributed by atoms with Crippen molar-refractivity contribution in [3.63, 3.8) is 0 Å². The molecule has 0 bridgehead atoms. The Morgan fingerprint density at radius 2 is 0.869 bits per heavy atom. The number of nitrogens with zero attached hydrogens (tertiary/aromatic N) is 3. The molecule has 0 saturated carbocycles. The van der Waals surface area contributed by atoms with Crippen LogP contribution in [0, 0.1) is 0 Å². The lowest BCUT2D eigenvalue weighted by Gasteiger charge is -2.46. The average Bonchev–Trinajstić information content (AvgIpc) is 0.908. The first kappa shape index (κ1) is 53.5. The summed E-state index contributed by atoms with van der Waals surface area (Å²) in [5, 5.41) is 2.28. The second-order valence-electron chi connectivity index (χ2n) is 28.7. The predicted molar refractivity (Wildman–Crippen MR) is 360 cm³/mol. The van der Waals surface area contributed by atoms with E-state index in [1.54, 1.807) is 0 Å². The lowest BCUT2D eigenvalue weighted by atomic mass is 9.33. The molecule has 0 unspecified atom stereocenters. The van der Waals surface area contributed by atoms with Crippen LogP contribution in [0.5, 0.6) is 0 Å². The highest BCUT2D eigenvalue weighted by Crippen LogP contribution is 2.53. The van der Waals surface area contributed by atoms with Gasteiger partial charge in [-0.05, 0) is 185 Å². The quantitative estimate of drug-likeness (QED) is 0.155. The molecule has 0 N–H and O–H groups in total. The molecule has 0 amide bonds. The van der Waals surface area contributed by atoms with Gasteiger partial charge in [0, 0.05) is 67.4 Å². The molecule has 0 atom stereocenters. The summed E-state index contributed by atoms with van der Waals surface area (Å²) in [5.41, 5.74) is 28.6. The van der Waals surface area contributed by atoms with Crippen LogP contribution in [0.3, 0.4) is 0 Å². The average molecular weight is 1090 g/mol. The zero-order chi connectivity index (χ0) is 58.6. The van der Waals surface area contributed by atoms with Crippen LogP contribution >= 0.6 is 0 Å². The molecule has 4 nitrogen and oxygen atoms in total. The molecule has 5 heteroatoms. The molecule has 0 radical (unpaired) electrons. The van der Waals surface area contributed by atoms with Crippen LogP contribution in [0.2, 0.25) is 0 Å². The third-order valence-corrected chi connectivity index (χ3v) is 18.7. The highest BCUT2D eigenvalue weighted by Gasteiger charge is 2.46. The van der Waals surface area contributed by atoms with E-state index in [0.717, 1.165) is 55.9 Å². The fraction of sp³-hybridized carbons (Fsp3) is 0.241. The Balaban J connectivity index is 1.03. The second kappa shape index (κ2) is 18.7. The Bertz CT molecular complexity index is 4380. The van der Waals surface area contributed by atoms with E-state index < -0.39 is 0 Å². The minimum Gasteiger partial charge on any atom is -0.456 e. The molecule has 11 aromatic rings. The van der Waals surface area contributed by atoms with Gasteiger partial charge >= 0.3 is 0 Å². The summed E-state index contributed by atoms with van der Waals surface area (Å²) in [7, 11) is 0. The monoisotopic (exact) mass is 1090 g/mol. The van der Waals surface area contributed by atoms with E-state index in [2.05, 4.69) is 318 Å². The van der Waals surface area contributed by atoms with Crippen molar-refractivity contribution in [2.75, 3.05) is 14.7 Å². The second-order valence-corrected chi connectivity index (χ2v) is 28.7. The highest BCUT2D eigenvalue weighted by atomic mass is 16.3.